The van der Waals surface area contributed by atoms with Crippen molar-refractivity contribution in [1.29, 1.82) is 0 Å². The van der Waals surface area contributed by atoms with Gasteiger partial charge in [-0.05, 0) is 55.9 Å². The lowest BCUT2D eigenvalue weighted by atomic mass is 9.64. The fourth-order valence-corrected chi connectivity index (χ4v) is 5.43. The summed E-state index contributed by atoms with van der Waals surface area (Å²) in [6.45, 7) is 24.2. The van der Waals surface area contributed by atoms with Crippen molar-refractivity contribution < 1.29 is 9.47 Å². The van der Waals surface area contributed by atoms with Gasteiger partial charge in [-0.25, -0.2) is 0 Å². The molecule has 0 aromatic carbocycles. The zero-order chi connectivity index (χ0) is 20.3. The van der Waals surface area contributed by atoms with Crippen LogP contribution in [0.3, 0.4) is 0 Å². The van der Waals surface area contributed by atoms with Gasteiger partial charge in [0.05, 0.1) is 12.7 Å². The molecule has 1 aliphatic heterocycles. The molecule has 1 unspecified atom stereocenters. The van der Waals surface area contributed by atoms with Crippen LogP contribution in [0.2, 0.25) is 0 Å². The van der Waals surface area contributed by atoms with Gasteiger partial charge in [-0.2, -0.15) is 0 Å². The molecule has 0 amide bonds. The first-order valence-corrected chi connectivity index (χ1v) is 11.1. The smallest absolute Gasteiger partial charge is 0.168 e. The standard InChI is InChI=1S/C24H45NO2/c1-9-25(16-19(2)3)15-12-21-17-26-24(27-21)13-10-20(11-14-24)23(7,8)18-22(4,5)6/h20-21H,2,9-18H2,1,3-8H3. The average Bonchev–Trinajstić information content (AvgIpc) is 2.92. The third kappa shape index (κ3) is 6.87. The van der Waals surface area contributed by atoms with E-state index in [4.69, 9.17) is 9.47 Å². The van der Waals surface area contributed by atoms with Gasteiger partial charge >= 0.3 is 0 Å². The Morgan fingerprint density at radius 3 is 2.30 bits per heavy atom. The van der Waals surface area contributed by atoms with E-state index in [0.29, 0.717) is 10.8 Å². The molecule has 0 aromatic rings. The molecule has 1 spiro atoms. The minimum Gasteiger partial charge on any atom is -0.347 e. The van der Waals surface area contributed by atoms with Crippen molar-refractivity contribution in [2.24, 2.45) is 16.7 Å². The monoisotopic (exact) mass is 379 g/mol. The SMILES string of the molecule is C=C(C)CN(CC)CCC1COC2(CCC(C(C)(C)CC(C)(C)C)CC2)O1. The van der Waals surface area contributed by atoms with Gasteiger partial charge in [0.2, 0.25) is 0 Å². The number of nitrogens with zero attached hydrogens (tertiary/aromatic N) is 1. The van der Waals surface area contributed by atoms with E-state index < -0.39 is 0 Å². The van der Waals surface area contributed by atoms with Gasteiger partial charge < -0.3 is 9.47 Å². The van der Waals surface area contributed by atoms with E-state index in [0.717, 1.165) is 51.4 Å². The van der Waals surface area contributed by atoms with Crippen LogP contribution in [0.1, 0.15) is 87.0 Å². The van der Waals surface area contributed by atoms with Crippen molar-refractivity contribution in [3.8, 4) is 0 Å². The van der Waals surface area contributed by atoms with Crippen molar-refractivity contribution >= 4 is 0 Å². The lowest BCUT2D eigenvalue weighted by molar-refractivity contribution is -0.198. The normalized spacial score (nSPS) is 29.6. The Hall–Kier alpha value is -0.380. The molecule has 158 valence electrons. The Balaban J connectivity index is 1.81. The molecule has 0 aromatic heterocycles. The van der Waals surface area contributed by atoms with Crippen molar-refractivity contribution in [3.05, 3.63) is 12.2 Å². The highest BCUT2D eigenvalue weighted by Crippen LogP contribution is 2.49. The Kier molecular flexibility index (Phi) is 7.61. The zero-order valence-corrected chi connectivity index (χ0v) is 19.2. The quantitative estimate of drug-likeness (QED) is 0.480. The van der Waals surface area contributed by atoms with Gasteiger partial charge in [-0.1, -0.05) is 53.7 Å². The van der Waals surface area contributed by atoms with Crippen molar-refractivity contribution in [2.45, 2.75) is 98.9 Å². The largest absolute Gasteiger partial charge is 0.347 e. The Morgan fingerprint density at radius 1 is 1.15 bits per heavy atom. The third-order valence-electron chi connectivity index (χ3n) is 6.46. The molecule has 1 aliphatic carbocycles. The lowest BCUT2D eigenvalue weighted by Gasteiger charge is -2.45. The van der Waals surface area contributed by atoms with E-state index in [1.54, 1.807) is 0 Å². The summed E-state index contributed by atoms with van der Waals surface area (Å²) in [5.74, 6) is 0.490. The van der Waals surface area contributed by atoms with E-state index in [1.165, 1.54) is 24.8 Å². The van der Waals surface area contributed by atoms with Crippen LogP contribution in [0.15, 0.2) is 12.2 Å². The van der Waals surface area contributed by atoms with Gasteiger partial charge in [0, 0.05) is 25.9 Å². The van der Waals surface area contributed by atoms with Crippen LogP contribution < -0.4 is 0 Å². The lowest BCUT2D eigenvalue weighted by Crippen LogP contribution is -2.40. The van der Waals surface area contributed by atoms with E-state index in [2.05, 4.69) is 59.9 Å². The van der Waals surface area contributed by atoms with Crippen LogP contribution in [-0.4, -0.2) is 43.0 Å². The maximum absolute atomic E-state index is 6.48. The Morgan fingerprint density at radius 2 is 1.78 bits per heavy atom. The maximum Gasteiger partial charge on any atom is 0.168 e. The van der Waals surface area contributed by atoms with Gasteiger partial charge in [0.1, 0.15) is 0 Å². The summed E-state index contributed by atoms with van der Waals surface area (Å²) in [6, 6.07) is 0. The molecule has 2 fully saturated rings. The van der Waals surface area contributed by atoms with Crippen molar-refractivity contribution in [1.82, 2.24) is 4.90 Å². The van der Waals surface area contributed by atoms with Crippen LogP contribution in [0.5, 0.6) is 0 Å². The Bertz CT molecular complexity index is 483. The minimum atomic E-state index is -0.287. The predicted molar refractivity (Wildman–Crippen MR) is 115 cm³/mol. The minimum absolute atomic E-state index is 0.253. The summed E-state index contributed by atoms with van der Waals surface area (Å²) in [5, 5.41) is 0. The summed E-state index contributed by atoms with van der Waals surface area (Å²) in [5.41, 5.74) is 2.01. The second kappa shape index (κ2) is 8.97. The Labute approximate surface area is 168 Å². The maximum atomic E-state index is 6.48. The van der Waals surface area contributed by atoms with Crippen LogP contribution in [0, 0.1) is 16.7 Å². The molecule has 1 saturated heterocycles. The summed E-state index contributed by atoms with van der Waals surface area (Å²) in [6.07, 6.45) is 7.16. The molecule has 0 N–H and O–H groups in total. The molecule has 2 rings (SSSR count). The first-order valence-electron chi connectivity index (χ1n) is 11.1. The van der Waals surface area contributed by atoms with E-state index in [9.17, 15) is 0 Å². The van der Waals surface area contributed by atoms with Crippen LogP contribution >= 0.6 is 0 Å². The number of hydrogen-bond donors (Lipinski definition) is 0. The fraction of sp³-hybridized carbons (Fsp3) is 0.917. The highest BCUT2D eigenvalue weighted by Gasteiger charge is 2.47. The van der Waals surface area contributed by atoms with Gasteiger partial charge in [0.15, 0.2) is 5.79 Å². The third-order valence-corrected chi connectivity index (χ3v) is 6.46. The number of rotatable bonds is 8. The first-order chi connectivity index (χ1) is 12.4. The van der Waals surface area contributed by atoms with Crippen LogP contribution in [-0.2, 0) is 9.47 Å². The van der Waals surface area contributed by atoms with Gasteiger partial charge in [0.25, 0.3) is 0 Å². The van der Waals surface area contributed by atoms with E-state index in [-0.39, 0.29) is 11.9 Å². The molecule has 2 aliphatic rings. The fourth-order valence-electron chi connectivity index (χ4n) is 5.43. The molecule has 1 heterocycles. The predicted octanol–water partition coefficient (Wildman–Crippen LogP) is 6.04. The topological polar surface area (TPSA) is 21.7 Å². The summed E-state index contributed by atoms with van der Waals surface area (Å²) < 4.78 is 12.7. The molecule has 3 nitrogen and oxygen atoms in total. The van der Waals surface area contributed by atoms with E-state index >= 15 is 0 Å². The number of likely N-dealkylation sites (N-methyl/N-ethyl adjacent to an activating group) is 1. The molecule has 1 saturated carbocycles. The molecule has 0 radical (unpaired) electrons. The molecule has 27 heavy (non-hydrogen) atoms. The summed E-state index contributed by atoms with van der Waals surface area (Å²) >= 11 is 0. The highest BCUT2D eigenvalue weighted by molar-refractivity contribution is 4.93. The van der Waals surface area contributed by atoms with Crippen molar-refractivity contribution in [2.75, 3.05) is 26.2 Å². The van der Waals surface area contributed by atoms with Crippen molar-refractivity contribution in [3.63, 3.8) is 0 Å². The van der Waals surface area contributed by atoms with E-state index in [1.807, 2.05) is 0 Å². The second-order valence-corrected chi connectivity index (χ2v) is 11.1. The van der Waals surface area contributed by atoms with Crippen LogP contribution in [0.4, 0.5) is 0 Å². The highest BCUT2D eigenvalue weighted by atomic mass is 16.7. The molecular weight excluding hydrogens is 334 g/mol. The first kappa shape index (κ1) is 22.9. The second-order valence-electron chi connectivity index (χ2n) is 11.1. The summed E-state index contributed by atoms with van der Waals surface area (Å²) in [4.78, 5) is 2.45. The number of ether oxygens (including phenoxy) is 2. The zero-order valence-electron chi connectivity index (χ0n) is 19.2. The molecule has 0 bridgehead atoms. The van der Waals surface area contributed by atoms with Gasteiger partial charge in [-0.3, -0.25) is 4.90 Å². The summed E-state index contributed by atoms with van der Waals surface area (Å²) in [7, 11) is 0. The van der Waals surface area contributed by atoms with Gasteiger partial charge in [-0.15, -0.1) is 0 Å². The average molecular weight is 380 g/mol. The molecule has 3 heteroatoms. The molecule has 1 atom stereocenters. The van der Waals surface area contributed by atoms with Crippen LogP contribution in [0.25, 0.3) is 0 Å². The molecular formula is C24H45NO2. The number of hydrogen-bond acceptors (Lipinski definition) is 3.